The van der Waals surface area contributed by atoms with E-state index < -0.39 is 0 Å². The fourth-order valence-corrected chi connectivity index (χ4v) is 1.23. The van der Waals surface area contributed by atoms with Gasteiger partial charge in [-0.25, -0.2) is 5.48 Å². The number of ether oxygens (including phenoxy) is 1. The summed E-state index contributed by atoms with van der Waals surface area (Å²) in [7, 11) is 1.61. The quantitative estimate of drug-likeness (QED) is 0.613. The maximum absolute atomic E-state index is 11.0. The van der Waals surface area contributed by atoms with Gasteiger partial charge in [0.2, 0.25) is 5.91 Å². The van der Waals surface area contributed by atoms with Gasteiger partial charge >= 0.3 is 0 Å². The number of amides is 1. The van der Waals surface area contributed by atoms with E-state index in [1.807, 2.05) is 24.3 Å². The van der Waals surface area contributed by atoms with Crippen LogP contribution in [0.25, 0.3) is 0 Å². The number of nitrogens with one attached hydrogen (secondary N) is 1. The Morgan fingerprint density at radius 3 is 2.62 bits per heavy atom. The Kier molecular flexibility index (Phi) is 5.67. The van der Waals surface area contributed by atoms with Crippen LogP contribution >= 0.6 is 11.6 Å². The molecule has 16 heavy (non-hydrogen) atoms. The van der Waals surface area contributed by atoms with E-state index >= 15 is 0 Å². The highest BCUT2D eigenvalue weighted by atomic mass is 35.5. The van der Waals surface area contributed by atoms with E-state index in [9.17, 15) is 4.79 Å². The predicted octanol–water partition coefficient (Wildman–Crippen LogP) is 1.87. The molecule has 0 saturated carbocycles. The van der Waals surface area contributed by atoms with E-state index in [1.54, 1.807) is 7.11 Å². The van der Waals surface area contributed by atoms with Gasteiger partial charge in [-0.3, -0.25) is 9.63 Å². The number of carbonyl (C=O) groups is 1. The van der Waals surface area contributed by atoms with Crippen LogP contribution in [0.4, 0.5) is 0 Å². The van der Waals surface area contributed by atoms with Crippen molar-refractivity contribution in [2.45, 2.75) is 13.0 Å². The Labute approximate surface area is 99.5 Å². The van der Waals surface area contributed by atoms with Crippen LogP contribution in [0.3, 0.4) is 0 Å². The largest absolute Gasteiger partial charge is 0.497 e. The minimum atomic E-state index is -0.219. The van der Waals surface area contributed by atoms with Crippen molar-refractivity contribution >= 4 is 17.5 Å². The molecule has 88 valence electrons. The van der Waals surface area contributed by atoms with E-state index in [4.69, 9.17) is 21.2 Å². The predicted molar refractivity (Wildman–Crippen MR) is 61.3 cm³/mol. The highest BCUT2D eigenvalue weighted by Crippen LogP contribution is 2.11. The molecular weight excluding hydrogens is 230 g/mol. The van der Waals surface area contributed by atoms with Crippen LogP contribution in [0.2, 0.25) is 0 Å². The summed E-state index contributed by atoms with van der Waals surface area (Å²) in [5, 5.41) is 0. The monoisotopic (exact) mass is 243 g/mol. The zero-order valence-corrected chi connectivity index (χ0v) is 9.79. The molecule has 0 saturated heterocycles. The second-order valence-corrected chi connectivity index (χ2v) is 3.48. The number of benzene rings is 1. The minimum absolute atomic E-state index is 0.219. The van der Waals surface area contributed by atoms with E-state index in [0.717, 1.165) is 11.3 Å². The molecule has 5 heteroatoms. The Bertz CT molecular complexity index is 327. The van der Waals surface area contributed by atoms with Gasteiger partial charge in [-0.2, -0.15) is 0 Å². The molecule has 0 spiro atoms. The first kappa shape index (κ1) is 12.8. The van der Waals surface area contributed by atoms with Crippen molar-refractivity contribution in [3.8, 4) is 5.75 Å². The molecule has 1 aromatic carbocycles. The van der Waals surface area contributed by atoms with Crippen LogP contribution in [-0.4, -0.2) is 18.9 Å². The summed E-state index contributed by atoms with van der Waals surface area (Å²) in [5.41, 5.74) is 3.26. The number of halogens is 1. The van der Waals surface area contributed by atoms with Crippen LogP contribution in [0.1, 0.15) is 12.0 Å². The molecule has 0 aliphatic rings. The van der Waals surface area contributed by atoms with Gasteiger partial charge in [0.1, 0.15) is 5.75 Å². The smallest absolute Gasteiger partial charge is 0.244 e. The molecule has 0 aliphatic heterocycles. The summed E-state index contributed by atoms with van der Waals surface area (Å²) < 4.78 is 5.02. The number of carbonyl (C=O) groups excluding carboxylic acids is 1. The molecule has 0 unspecified atom stereocenters. The number of hydrogen-bond acceptors (Lipinski definition) is 3. The zero-order valence-electron chi connectivity index (χ0n) is 9.03. The van der Waals surface area contributed by atoms with Gasteiger partial charge in [0.15, 0.2) is 0 Å². The Hall–Kier alpha value is -1.26. The molecule has 0 bridgehead atoms. The first-order chi connectivity index (χ1) is 7.76. The summed E-state index contributed by atoms with van der Waals surface area (Å²) in [6.45, 7) is 0.317. The molecule has 0 fully saturated rings. The van der Waals surface area contributed by atoms with Crippen molar-refractivity contribution in [2.75, 3.05) is 13.0 Å². The van der Waals surface area contributed by atoms with Crippen molar-refractivity contribution in [3.63, 3.8) is 0 Å². The van der Waals surface area contributed by atoms with E-state index in [-0.39, 0.29) is 18.2 Å². The van der Waals surface area contributed by atoms with E-state index in [1.165, 1.54) is 0 Å². The topological polar surface area (TPSA) is 47.6 Å². The number of methoxy groups -OCH3 is 1. The van der Waals surface area contributed by atoms with Gasteiger partial charge in [0.25, 0.3) is 0 Å². The lowest BCUT2D eigenvalue weighted by molar-refractivity contribution is -0.134. The van der Waals surface area contributed by atoms with Gasteiger partial charge in [-0.05, 0) is 17.7 Å². The highest BCUT2D eigenvalue weighted by Gasteiger charge is 2.00. The molecule has 1 N–H and O–H groups in total. The van der Waals surface area contributed by atoms with Crippen molar-refractivity contribution in [1.82, 2.24) is 5.48 Å². The van der Waals surface area contributed by atoms with Crippen molar-refractivity contribution in [3.05, 3.63) is 29.8 Å². The third kappa shape index (κ3) is 4.51. The van der Waals surface area contributed by atoms with Gasteiger partial charge in [-0.15, -0.1) is 11.6 Å². The average molecular weight is 244 g/mol. The first-order valence-electron chi connectivity index (χ1n) is 4.86. The normalized spacial score (nSPS) is 9.88. The van der Waals surface area contributed by atoms with E-state index in [0.29, 0.717) is 6.61 Å². The maximum Gasteiger partial charge on any atom is 0.244 e. The SMILES string of the molecule is COc1ccc(CONC(=O)CCCl)cc1. The standard InChI is InChI=1S/C11H14ClNO3/c1-15-10-4-2-9(3-5-10)8-16-13-11(14)6-7-12/h2-5H,6-8H2,1H3,(H,13,14). The van der Waals surface area contributed by atoms with Gasteiger partial charge in [-0.1, -0.05) is 12.1 Å². The minimum Gasteiger partial charge on any atom is -0.497 e. The Morgan fingerprint density at radius 1 is 1.38 bits per heavy atom. The summed E-state index contributed by atoms with van der Waals surface area (Å²) >= 11 is 5.40. The lowest BCUT2D eigenvalue weighted by Gasteiger charge is -2.05. The van der Waals surface area contributed by atoms with Gasteiger partial charge < -0.3 is 4.74 Å². The van der Waals surface area contributed by atoms with Crippen molar-refractivity contribution < 1.29 is 14.4 Å². The second kappa shape index (κ2) is 7.09. The lowest BCUT2D eigenvalue weighted by atomic mass is 10.2. The molecule has 4 nitrogen and oxygen atoms in total. The average Bonchev–Trinajstić information content (AvgIpc) is 2.30. The van der Waals surface area contributed by atoms with Crippen LogP contribution < -0.4 is 10.2 Å². The summed E-state index contributed by atoms with van der Waals surface area (Å²) in [6, 6.07) is 7.40. The molecule has 1 rings (SSSR count). The Balaban J connectivity index is 2.29. The number of alkyl halides is 1. The molecule has 0 aliphatic carbocycles. The molecule has 0 radical (unpaired) electrons. The number of rotatable bonds is 6. The maximum atomic E-state index is 11.0. The molecule has 0 aromatic heterocycles. The zero-order chi connectivity index (χ0) is 11.8. The lowest BCUT2D eigenvalue weighted by Crippen LogP contribution is -2.23. The van der Waals surface area contributed by atoms with Gasteiger partial charge in [0.05, 0.1) is 13.7 Å². The second-order valence-electron chi connectivity index (χ2n) is 3.10. The van der Waals surface area contributed by atoms with Crippen molar-refractivity contribution in [2.24, 2.45) is 0 Å². The fraction of sp³-hybridized carbons (Fsp3) is 0.364. The number of hydrogen-bond donors (Lipinski definition) is 1. The van der Waals surface area contributed by atoms with Crippen LogP contribution in [0.5, 0.6) is 5.75 Å². The summed E-state index contributed by atoms with van der Waals surface area (Å²) in [6.07, 6.45) is 0.254. The summed E-state index contributed by atoms with van der Waals surface area (Å²) in [4.78, 5) is 16.0. The molecule has 1 amide bonds. The van der Waals surface area contributed by atoms with E-state index in [2.05, 4.69) is 5.48 Å². The highest BCUT2D eigenvalue weighted by molar-refractivity contribution is 6.18. The molecular formula is C11H14ClNO3. The Morgan fingerprint density at radius 2 is 2.06 bits per heavy atom. The van der Waals surface area contributed by atoms with Crippen LogP contribution in [0, 0.1) is 0 Å². The first-order valence-corrected chi connectivity index (χ1v) is 5.39. The van der Waals surface area contributed by atoms with Crippen LogP contribution in [0.15, 0.2) is 24.3 Å². The van der Waals surface area contributed by atoms with Gasteiger partial charge in [0, 0.05) is 12.3 Å². The molecule has 1 aromatic rings. The summed E-state index contributed by atoms with van der Waals surface area (Å²) in [5.74, 6) is 0.857. The fourth-order valence-electron chi connectivity index (χ4n) is 1.06. The third-order valence-electron chi connectivity index (χ3n) is 1.91. The third-order valence-corrected chi connectivity index (χ3v) is 2.09. The van der Waals surface area contributed by atoms with Crippen molar-refractivity contribution in [1.29, 1.82) is 0 Å². The van der Waals surface area contributed by atoms with Crippen LogP contribution in [-0.2, 0) is 16.2 Å². The molecule has 0 atom stereocenters. The molecule has 0 heterocycles. The number of hydroxylamine groups is 1.